The Bertz CT molecular complexity index is 890. The second-order valence-corrected chi connectivity index (χ2v) is 7.67. The molecule has 1 aliphatic rings. The van der Waals surface area contributed by atoms with Gasteiger partial charge < -0.3 is 14.5 Å². The molecule has 1 N–H and O–H groups in total. The zero-order valence-corrected chi connectivity index (χ0v) is 16.0. The van der Waals surface area contributed by atoms with E-state index in [9.17, 15) is 0 Å². The van der Waals surface area contributed by atoms with E-state index in [1.807, 2.05) is 31.3 Å². The second-order valence-electron chi connectivity index (χ2n) is 5.70. The zero-order valence-electron chi connectivity index (χ0n) is 14.3. The van der Waals surface area contributed by atoms with Crippen LogP contribution in [-0.2, 0) is 0 Å². The number of nitrogens with one attached hydrogen (secondary N) is 1. The number of nitrogens with zero attached hydrogens (tertiary/aromatic N) is 2. The fourth-order valence-electron chi connectivity index (χ4n) is 2.76. The molecule has 3 aromatic heterocycles. The summed E-state index contributed by atoms with van der Waals surface area (Å²) in [6, 6.07) is 5.89. The van der Waals surface area contributed by atoms with Crippen LogP contribution in [0, 0.1) is 0 Å². The molecule has 1 aliphatic heterocycles. The molecule has 4 rings (SSSR count). The molecule has 3 aromatic rings. The van der Waals surface area contributed by atoms with E-state index in [4.69, 9.17) is 19.1 Å². The first kappa shape index (κ1) is 17.3. The molecular weight excluding hydrogens is 366 g/mol. The number of aromatic nitrogens is 2. The Morgan fingerprint density at radius 1 is 1.46 bits per heavy atom. The van der Waals surface area contributed by atoms with Crippen molar-refractivity contribution in [3.05, 3.63) is 53.9 Å². The molecule has 0 aliphatic carbocycles. The number of furan rings is 1. The minimum Gasteiger partial charge on any atom is -0.484 e. The van der Waals surface area contributed by atoms with Crippen LogP contribution >= 0.6 is 23.1 Å². The predicted molar refractivity (Wildman–Crippen MR) is 104 cm³/mol. The van der Waals surface area contributed by atoms with Crippen molar-refractivity contribution in [2.24, 2.45) is 0 Å². The monoisotopic (exact) mass is 385 g/mol. The van der Waals surface area contributed by atoms with Crippen molar-refractivity contribution >= 4 is 23.1 Å². The highest BCUT2D eigenvalue weighted by Crippen LogP contribution is 2.36. The summed E-state index contributed by atoms with van der Waals surface area (Å²) in [5, 5.41) is 7.30. The SMILES string of the molecule is CCOc1cc(Sc2cnc(C3C=CCCN3)c(-c3ccco3)n2)cs1. The highest BCUT2D eigenvalue weighted by atomic mass is 32.2. The lowest BCUT2D eigenvalue weighted by Crippen LogP contribution is -2.25. The van der Waals surface area contributed by atoms with Gasteiger partial charge in [0.15, 0.2) is 10.8 Å². The summed E-state index contributed by atoms with van der Waals surface area (Å²) in [4.78, 5) is 10.6. The van der Waals surface area contributed by atoms with Gasteiger partial charge >= 0.3 is 0 Å². The van der Waals surface area contributed by atoms with Crippen molar-refractivity contribution in [2.45, 2.75) is 29.3 Å². The van der Waals surface area contributed by atoms with Gasteiger partial charge in [-0.05, 0) is 32.0 Å². The number of hydrogen-bond donors (Lipinski definition) is 1. The van der Waals surface area contributed by atoms with Crippen molar-refractivity contribution < 1.29 is 9.15 Å². The van der Waals surface area contributed by atoms with Crippen LogP contribution in [0.1, 0.15) is 25.1 Å². The van der Waals surface area contributed by atoms with Gasteiger partial charge in [0.2, 0.25) is 0 Å². The van der Waals surface area contributed by atoms with E-state index in [2.05, 4.69) is 22.8 Å². The minimum absolute atomic E-state index is 0.0566. The number of thiophene rings is 1. The molecule has 0 fully saturated rings. The van der Waals surface area contributed by atoms with Gasteiger partial charge in [-0.3, -0.25) is 4.98 Å². The third-order valence-electron chi connectivity index (χ3n) is 3.89. The molecule has 134 valence electrons. The molecule has 1 atom stereocenters. The van der Waals surface area contributed by atoms with Gasteiger partial charge in [0.05, 0.1) is 30.8 Å². The third-order valence-corrected chi connectivity index (χ3v) is 5.76. The first-order valence-electron chi connectivity index (χ1n) is 8.53. The lowest BCUT2D eigenvalue weighted by atomic mass is 10.1. The Labute approximate surface area is 160 Å². The third kappa shape index (κ3) is 3.85. The molecule has 0 saturated carbocycles. The molecule has 26 heavy (non-hydrogen) atoms. The molecule has 7 heteroatoms. The van der Waals surface area contributed by atoms with Crippen LogP contribution < -0.4 is 10.1 Å². The highest BCUT2D eigenvalue weighted by Gasteiger charge is 2.20. The summed E-state index contributed by atoms with van der Waals surface area (Å²) in [5.74, 6) is 0.732. The maximum absolute atomic E-state index is 5.61. The molecule has 1 unspecified atom stereocenters. The van der Waals surface area contributed by atoms with Crippen LogP contribution in [0.25, 0.3) is 11.5 Å². The molecule has 0 amide bonds. The van der Waals surface area contributed by atoms with E-state index < -0.39 is 0 Å². The van der Waals surface area contributed by atoms with Gasteiger partial charge in [-0.25, -0.2) is 4.98 Å². The lowest BCUT2D eigenvalue weighted by Gasteiger charge is -2.19. The van der Waals surface area contributed by atoms with Crippen molar-refractivity contribution in [2.75, 3.05) is 13.2 Å². The summed E-state index contributed by atoms with van der Waals surface area (Å²) in [6.07, 6.45) is 8.85. The number of ether oxygens (including phenoxy) is 1. The van der Waals surface area contributed by atoms with Gasteiger partial charge in [0, 0.05) is 16.3 Å². The van der Waals surface area contributed by atoms with Gasteiger partial charge in [0.25, 0.3) is 0 Å². The standard InChI is InChI=1S/C19H19N3O2S2/c1-2-23-17-10-13(12-25-17)26-16-11-21-18(14-6-3-4-8-20-14)19(22-16)15-7-5-9-24-15/h3,5-7,9-12,14,20H,2,4,8H2,1H3. The van der Waals surface area contributed by atoms with Crippen LogP contribution in [-0.4, -0.2) is 23.1 Å². The van der Waals surface area contributed by atoms with E-state index in [1.165, 1.54) is 0 Å². The Kier molecular flexibility index (Phi) is 5.38. The first-order chi connectivity index (χ1) is 12.8. The van der Waals surface area contributed by atoms with E-state index >= 15 is 0 Å². The minimum atomic E-state index is 0.0566. The fourth-order valence-corrected chi connectivity index (χ4v) is 4.50. The molecular formula is C19H19N3O2S2. The molecule has 5 nitrogen and oxygen atoms in total. The van der Waals surface area contributed by atoms with Gasteiger partial charge in [-0.2, -0.15) is 0 Å². The van der Waals surface area contributed by atoms with Crippen molar-refractivity contribution in [3.63, 3.8) is 0 Å². The topological polar surface area (TPSA) is 60.2 Å². The molecule has 0 saturated heterocycles. The molecule has 0 radical (unpaired) electrons. The van der Waals surface area contributed by atoms with Gasteiger partial charge in [0.1, 0.15) is 10.7 Å². The van der Waals surface area contributed by atoms with Crippen molar-refractivity contribution in [1.29, 1.82) is 0 Å². The highest BCUT2D eigenvalue weighted by molar-refractivity contribution is 7.99. The summed E-state index contributed by atoms with van der Waals surface area (Å²) in [5.41, 5.74) is 1.67. The Morgan fingerprint density at radius 3 is 3.19 bits per heavy atom. The lowest BCUT2D eigenvalue weighted by molar-refractivity contribution is 0.350. The number of hydrogen-bond acceptors (Lipinski definition) is 7. The zero-order chi connectivity index (χ0) is 17.8. The molecule has 0 spiro atoms. The van der Waals surface area contributed by atoms with E-state index in [0.717, 1.165) is 45.1 Å². The maximum atomic E-state index is 5.61. The van der Waals surface area contributed by atoms with Crippen LogP contribution in [0.4, 0.5) is 0 Å². The van der Waals surface area contributed by atoms with Gasteiger partial charge in [-0.15, -0.1) is 11.3 Å². The van der Waals surface area contributed by atoms with E-state index in [-0.39, 0.29) is 6.04 Å². The fraction of sp³-hybridized carbons (Fsp3) is 0.263. The Morgan fingerprint density at radius 2 is 2.42 bits per heavy atom. The summed E-state index contributed by atoms with van der Waals surface area (Å²) < 4.78 is 11.2. The van der Waals surface area contributed by atoms with E-state index in [0.29, 0.717) is 6.61 Å². The van der Waals surface area contributed by atoms with Gasteiger partial charge in [-0.1, -0.05) is 23.9 Å². The van der Waals surface area contributed by atoms with Crippen LogP contribution in [0.2, 0.25) is 0 Å². The summed E-state index contributed by atoms with van der Waals surface area (Å²) in [6.45, 7) is 3.59. The smallest absolute Gasteiger partial charge is 0.174 e. The quantitative estimate of drug-likeness (QED) is 0.607. The Hall–Kier alpha value is -2.09. The van der Waals surface area contributed by atoms with E-state index in [1.54, 1.807) is 29.4 Å². The molecule has 0 aromatic carbocycles. The first-order valence-corrected chi connectivity index (χ1v) is 10.2. The van der Waals surface area contributed by atoms with Crippen molar-refractivity contribution in [3.8, 4) is 16.5 Å². The summed E-state index contributed by atoms with van der Waals surface area (Å²) >= 11 is 3.17. The average molecular weight is 386 g/mol. The van der Waals surface area contributed by atoms with Crippen LogP contribution in [0.15, 0.2) is 62.5 Å². The van der Waals surface area contributed by atoms with Crippen molar-refractivity contribution in [1.82, 2.24) is 15.3 Å². The largest absolute Gasteiger partial charge is 0.484 e. The Balaban J connectivity index is 1.65. The van der Waals surface area contributed by atoms with Crippen LogP contribution in [0.3, 0.4) is 0 Å². The molecule has 0 bridgehead atoms. The maximum Gasteiger partial charge on any atom is 0.174 e. The number of rotatable bonds is 6. The average Bonchev–Trinajstić information content (AvgIpc) is 3.35. The predicted octanol–water partition coefficient (Wildman–Crippen LogP) is 4.94. The van der Waals surface area contributed by atoms with Crippen LogP contribution in [0.5, 0.6) is 5.06 Å². The molecule has 4 heterocycles. The summed E-state index contributed by atoms with van der Waals surface area (Å²) in [7, 11) is 0. The second kappa shape index (κ2) is 8.07. The normalized spacial score (nSPS) is 16.7.